The summed E-state index contributed by atoms with van der Waals surface area (Å²) in [7, 11) is 0. The summed E-state index contributed by atoms with van der Waals surface area (Å²) in [5, 5.41) is 3.09. The average molecular weight is 279 g/mol. The largest absolute Gasteiger partial charge is 0.369 e. The molecule has 1 amide bonds. The van der Waals surface area contributed by atoms with Gasteiger partial charge in [-0.15, -0.1) is 0 Å². The van der Waals surface area contributed by atoms with Gasteiger partial charge in [0.2, 0.25) is 0 Å². The third-order valence-corrected chi connectivity index (χ3v) is 3.47. The van der Waals surface area contributed by atoms with Gasteiger partial charge in [-0.1, -0.05) is 6.92 Å². The molecule has 1 fully saturated rings. The Hall–Kier alpha value is -1.65. The summed E-state index contributed by atoms with van der Waals surface area (Å²) in [5.74, 6) is 0.489. The first-order valence-corrected chi connectivity index (χ1v) is 7.34. The maximum absolute atomic E-state index is 13.4. The molecule has 1 aliphatic rings. The number of hydrogen-bond acceptors (Lipinski definition) is 3. The summed E-state index contributed by atoms with van der Waals surface area (Å²) in [6.07, 6.45) is 4.44. The number of rotatable bonds is 7. The molecule has 0 atom stereocenters. The number of aromatic nitrogens is 1. The van der Waals surface area contributed by atoms with Crippen molar-refractivity contribution in [3.63, 3.8) is 0 Å². The maximum atomic E-state index is 13.4. The van der Waals surface area contributed by atoms with Gasteiger partial charge in [-0.05, 0) is 38.2 Å². The van der Waals surface area contributed by atoms with E-state index in [-0.39, 0.29) is 5.91 Å². The van der Waals surface area contributed by atoms with Gasteiger partial charge in [0.1, 0.15) is 11.6 Å². The zero-order valence-electron chi connectivity index (χ0n) is 12.2. The van der Waals surface area contributed by atoms with Gasteiger partial charge in [0.15, 0.2) is 0 Å². The molecule has 0 aliphatic heterocycles. The van der Waals surface area contributed by atoms with Crippen LogP contribution in [0.4, 0.5) is 10.2 Å². The van der Waals surface area contributed by atoms with Gasteiger partial charge in [0.05, 0.1) is 11.8 Å². The summed E-state index contributed by atoms with van der Waals surface area (Å²) < 4.78 is 13.4. The quantitative estimate of drug-likeness (QED) is 0.834. The fourth-order valence-corrected chi connectivity index (χ4v) is 2.12. The number of halogens is 1. The van der Waals surface area contributed by atoms with Crippen LogP contribution in [0.3, 0.4) is 0 Å². The van der Waals surface area contributed by atoms with Crippen molar-refractivity contribution >= 4 is 11.7 Å². The Morgan fingerprint density at radius 2 is 2.25 bits per heavy atom. The van der Waals surface area contributed by atoms with Crippen LogP contribution in [0.25, 0.3) is 0 Å². The van der Waals surface area contributed by atoms with Crippen LogP contribution in [0.2, 0.25) is 0 Å². The van der Waals surface area contributed by atoms with Crippen molar-refractivity contribution in [2.75, 3.05) is 25.0 Å². The Morgan fingerprint density at radius 1 is 1.50 bits per heavy atom. The molecule has 110 valence electrons. The number of hydrogen-bond donors (Lipinski definition) is 1. The number of anilines is 1. The molecule has 0 unspecified atom stereocenters. The fourth-order valence-electron chi connectivity index (χ4n) is 2.12. The predicted molar refractivity (Wildman–Crippen MR) is 77.3 cm³/mol. The van der Waals surface area contributed by atoms with Crippen LogP contribution in [-0.4, -0.2) is 35.4 Å². The van der Waals surface area contributed by atoms with Crippen LogP contribution < -0.4 is 5.32 Å². The Balaban J connectivity index is 2.18. The molecule has 0 spiro atoms. The third kappa shape index (κ3) is 3.68. The monoisotopic (exact) mass is 279 g/mol. The topological polar surface area (TPSA) is 45.2 Å². The second-order valence-electron chi connectivity index (χ2n) is 5.26. The summed E-state index contributed by atoms with van der Waals surface area (Å²) in [6.45, 7) is 6.10. The van der Waals surface area contributed by atoms with Crippen LogP contribution in [0.1, 0.15) is 43.5 Å². The highest BCUT2D eigenvalue weighted by Gasteiger charge is 2.27. The molecule has 0 aromatic carbocycles. The van der Waals surface area contributed by atoms with Crippen molar-refractivity contribution in [2.24, 2.45) is 5.92 Å². The molecule has 2 rings (SSSR count). The Kier molecular flexibility index (Phi) is 4.93. The molecule has 1 aromatic heterocycles. The van der Waals surface area contributed by atoms with Crippen LogP contribution >= 0.6 is 0 Å². The van der Waals surface area contributed by atoms with Gasteiger partial charge in [-0.2, -0.15) is 0 Å². The van der Waals surface area contributed by atoms with E-state index in [4.69, 9.17) is 0 Å². The van der Waals surface area contributed by atoms with Crippen molar-refractivity contribution in [3.05, 3.63) is 23.6 Å². The minimum Gasteiger partial charge on any atom is -0.369 e. The van der Waals surface area contributed by atoms with Crippen molar-refractivity contribution in [1.82, 2.24) is 9.88 Å². The van der Waals surface area contributed by atoms with Gasteiger partial charge in [0.25, 0.3) is 5.91 Å². The molecule has 5 heteroatoms. The van der Waals surface area contributed by atoms with Gasteiger partial charge < -0.3 is 10.2 Å². The normalized spacial score (nSPS) is 14.2. The zero-order chi connectivity index (χ0) is 14.5. The molecule has 4 nitrogen and oxygen atoms in total. The molecule has 0 radical (unpaired) electrons. The van der Waals surface area contributed by atoms with Gasteiger partial charge in [-0.25, -0.2) is 9.37 Å². The molecule has 1 aliphatic carbocycles. The van der Waals surface area contributed by atoms with Crippen molar-refractivity contribution in [3.8, 4) is 0 Å². The molecule has 0 bridgehead atoms. The molecule has 1 heterocycles. The van der Waals surface area contributed by atoms with Crippen LogP contribution in [0, 0.1) is 11.7 Å². The summed E-state index contributed by atoms with van der Waals surface area (Å²) in [5.41, 5.74) is 0.334. The van der Waals surface area contributed by atoms with Crippen molar-refractivity contribution in [2.45, 2.75) is 33.1 Å². The molecule has 1 aromatic rings. The fraction of sp³-hybridized carbons (Fsp3) is 0.600. The SMILES string of the molecule is CCCNc1ncc(F)cc1C(=O)N(CC)CC1CC1. The van der Waals surface area contributed by atoms with Gasteiger partial charge in [-0.3, -0.25) is 4.79 Å². The summed E-state index contributed by atoms with van der Waals surface area (Å²) in [4.78, 5) is 18.4. The number of pyridine rings is 1. The van der Waals surface area contributed by atoms with E-state index in [2.05, 4.69) is 10.3 Å². The van der Waals surface area contributed by atoms with Gasteiger partial charge >= 0.3 is 0 Å². The van der Waals surface area contributed by atoms with Crippen molar-refractivity contribution in [1.29, 1.82) is 0 Å². The second-order valence-corrected chi connectivity index (χ2v) is 5.26. The zero-order valence-corrected chi connectivity index (χ0v) is 12.2. The van der Waals surface area contributed by atoms with E-state index in [0.29, 0.717) is 30.4 Å². The molecule has 20 heavy (non-hydrogen) atoms. The van der Waals surface area contributed by atoms with E-state index >= 15 is 0 Å². The highest BCUT2D eigenvalue weighted by molar-refractivity contribution is 5.98. The molecular formula is C15H22FN3O. The van der Waals surface area contributed by atoms with Crippen LogP contribution in [-0.2, 0) is 0 Å². The van der Waals surface area contributed by atoms with Crippen LogP contribution in [0.5, 0.6) is 0 Å². The highest BCUT2D eigenvalue weighted by Crippen LogP contribution is 2.30. The maximum Gasteiger partial charge on any atom is 0.257 e. The molecule has 1 saturated carbocycles. The summed E-state index contributed by atoms with van der Waals surface area (Å²) in [6, 6.07) is 1.28. The first kappa shape index (κ1) is 14.8. The number of carbonyl (C=O) groups excluding carboxylic acids is 1. The Bertz CT molecular complexity index is 474. The smallest absolute Gasteiger partial charge is 0.257 e. The number of nitrogens with one attached hydrogen (secondary N) is 1. The van der Waals surface area contributed by atoms with Crippen LogP contribution in [0.15, 0.2) is 12.3 Å². The molecule has 0 saturated heterocycles. The first-order chi connectivity index (χ1) is 9.65. The minimum atomic E-state index is -0.474. The highest BCUT2D eigenvalue weighted by atomic mass is 19.1. The third-order valence-electron chi connectivity index (χ3n) is 3.47. The van der Waals surface area contributed by atoms with E-state index in [1.165, 1.54) is 18.9 Å². The van der Waals surface area contributed by atoms with E-state index in [9.17, 15) is 9.18 Å². The second kappa shape index (κ2) is 6.68. The average Bonchev–Trinajstić information content (AvgIpc) is 3.26. The standard InChI is InChI=1S/C15H22FN3O/c1-3-7-17-14-13(8-12(16)9-18-14)15(20)19(4-2)10-11-5-6-11/h8-9,11H,3-7,10H2,1-2H3,(H,17,18). The lowest BCUT2D eigenvalue weighted by atomic mass is 10.2. The molecular weight excluding hydrogens is 257 g/mol. The minimum absolute atomic E-state index is 0.134. The van der Waals surface area contributed by atoms with Crippen molar-refractivity contribution < 1.29 is 9.18 Å². The Morgan fingerprint density at radius 3 is 2.85 bits per heavy atom. The lowest BCUT2D eigenvalue weighted by Crippen LogP contribution is -2.33. The van der Waals surface area contributed by atoms with E-state index in [1.807, 2.05) is 13.8 Å². The van der Waals surface area contributed by atoms with E-state index in [0.717, 1.165) is 19.2 Å². The van der Waals surface area contributed by atoms with E-state index in [1.54, 1.807) is 4.90 Å². The molecule has 1 N–H and O–H groups in total. The summed E-state index contributed by atoms with van der Waals surface area (Å²) >= 11 is 0. The van der Waals surface area contributed by atoms with E-state index < -0.39 is 5.82 Å². The van der Waals surface area contributed by atoms with Gasteiger partial charge in [0, 0.05) is 19.6 Å². The first-order valence-electron chi connectivity index (χ1n) is 7.34. The number of carbonyl (C=O) groups is 1. The lowest BCUT2D eigenvalue weighted by molar-refractivity contribution is 0.0757. The lowest BCUT2D eigenvalue weighted by Gasteiger charge is -2.22. The number of amides is 1. The Labute approximate surface area is 119 Å². The number of nitrogens with zero attached hydrogens (tertiary/aromatic N) is 2. The predicted octanol–water partition coefficient (Wildman–Crippen LogP) is 2.91.